The highest BCUT2D eigenvalue weighted by molar-refractivity contribution is 5.72. The van der Waals surface area contributed by atoms with Gasteiger partial charge in [0.05, 0.1) is 0 Å². The van der Waals surface area contributed by atoms with Crippen molar-refractivity contribution in [2.75, 3.05) is 38.6 Å². The molecule has 1 N–H and O–H groups in total. The van der Waals surface area contributed by atoms with E-state index in [-0.39, 0.29) is 0 Å². The molecule has 1 aliphatic rings. The molecule has 0 aliphatic carbocycles. The lowest BCUT2D eigenvalue weighted by Crippen LogP contribution is -2.44. The summed E-state index contributed by atoms with van der Waals surface area (Å²) >= 11 is 0. The zero-order valence-electron chi connectivity index (χ0n) is 17.7. The molecule has 27 heavy (non-hydrogen) atoms. The second-order valence-electron chi connectivity index (χ2n) is 7.98. The highest BCUT2D eigenvalue weighted by atomic mass is 15.2. The van der Waals surface area contributed by atoms with Crippen LogP contribution in [-0.4, -0.2) is 44.7 Å². The summed E-state index contributed by atoms with van der Waals surface area (Å²) in [6.45, 7) is 11.2. The van der Waals surface area contributed by atoms with Crippen LogP contribution in [0.2, 0.25) is 0 Å². The highest BCUT2D eigenvalue weighted by Gasteiger charge is 2.24. The van der Waals surface area contributed by atoms with E-state index < -0.39 is 0 Å². The summed E-state index contributed by atoms with van der Waals surface area (Å²) < 4.78 is 0. The summed E-state index contributed by atoms with van der Waals surface area (Å²) in [6, 6.07) is 14.4. The van der Waals surface area contributed by atoms with Crippen molar-refractivity contribution in [1.29, 1.82) is 0 Å². The third-order valence-electron chi connectivity index (χ3n) is 6.09. The quantitative estimate of drug-likeness (QED) is 0.806. The van der Waals surface area contributed by atoms with E-state index in [1.54, 1.807) is 0 Å². The predicted octanol–water partition coefficient (Wildman–Crippen LogP) is 4.61. The SMILES string of the molecule is CCN(c1cc(-c2ccc(CNC)cc2)cc(C)c1C)C1CCN(C)CC1. The predicted molar refractivity (Wildman–Crippen MR) is 118 cm³/mol. The van der Waals surface area contributed by atoms with Gasteiger partial charge in [-0.3, -0.25) is 0 Å². The summed E-state index contributed by atoms with van der Waals surface area (Å²) in [5, 5.41) is 3.22. The molecule has 1 saturated heterocycles. The molecule has 3 nitrogen and oxygen atoms in total. The maximum Gasteiger partial charge on any atom is 0.0407 e. The summed E-state index contributed by atoms with van der Waals surface area (Å²) in [5.74, 6) is 0. The fraction of sp³-hybridized carbons (Fsp3) is 0.500. The molecule has 1 heterocycles. The summed E-state index contributed by atoms with van der Waals surface area (Å²) in [6.07, 6.45) is 2.51. The van der Waals surface area contributed by atoms with E-state index >= 15 is 0 Å². The van der Waals surface area contributed by atoms with Crippen LogP contribution in [0, 0.1) is 13.8 Å². The lowest BCUT2D eigenvalue weighted by Gasteiger charge is -2.39. The van der Waals surface area contributed by atoms with E-state index in [1.807, 2.05) is 7.05 Å². The Morgan fingerprint density at radius 1 is 1.04 bits per heavy atom. The van der Waals surface area contributed by atoms with Gasteiger partial charge >= 0.3 is 0 Å². The van der Waals surface area contributed by atoms with Crippen LogP contribution in [0.3, 0.4) is 0 Å². The second kappa shape index (κ2) is 8.90. The Kier molecular flexibility index (Phi) is 6.56. The lowest BCUT2D eigenvalue weighted by atomic mass is 9.95. The maximum atomic E-state index is 3.22. The van der Waals surface area contributed by atoms with Gasteiger partial charge in [-0.15, -0.1) is 0 Å². The van der Waals surface area contributed by atoms with Gasteiger partial charge in [0.1, 0.15) is 0 Å². The van der Waals surface area contributed by atoms with Gasteiger partial charge in [-0.1, -0.05) is 30.3 Å². The first-order valence-corrected chi connectivity index (χ1v) is 10.3. The number of nitrogens with one attached hydrogen (secondary N) is 1. The van der Waals surface area contributed by atoms with E-state index in [9.17, 15) is 0 Å². The first-order valence-electron chi connectivity index (χ1n) is 10.3. The van der Waals surface area contributed by atoms with Crippen LogP contribution in [0.15, 0.2) is 36.4 Å². The largest absolute Gasteiger partial charge is 0.368 e. The topological polar surface area (TPSA) is 18.5 Å². The van der Waals surface area contributed by atoms with E-state index in [0.29, 0.717) is 6.04 Å². The molecule has 0 saturated carbocycles. The third-order valence-corrected chi connectivity index (χ3v) is 6.09. The summed E-state index contributed by atoms with van der Waals surface area (Å²) in [5.41, 5.74) is 8.18. The molecule has 0 amide bonds. The van der Waals surface area contributed by atoms with Crippen molar-refractivity contribution in [1.82, 2.24) is 10.2 Å². The van der Waals surface area contributed by atoms with Crippen LogP contribution in [0.5, 0.6) is 0 Å². The molecule has 0 radical (unpaired) electrons. The molecule has 2 aromatic rings. The molecule has 0 unspecified atom stereocenters. The van der Waals surface area contributed by atoms with Crippen molar-refractivity contribution >= 4 is 5.69 Å². The summed E-state index contributed by atoms with van der Waals surface area (Å²) in [7, 11) is 4.23. The van der Waals surface area contributed by atoms with Crippen molar-refractivity contribution < 1.29 is 0 Å². The van der Waals surface area contributed by atoms with Gasteiger partial charge in [-0.2, -0.15) is 0 Å². The van der Waals surface area contributed by atoms with Crippen LogP contribution >= 0.6 is 0 Å². The molecule has 3 rings (SSSR count). The normalized spacial score (nSPS) is 15.9. The fourth-order valence-electron chi connectivity index (χ4n) is 4.26. The second-order valence-corrected chi connectivity index (χ2v) is 7.98. The molecule has 0 atom stereocenters. The Bertz CT molecular complexity index is 743. The first-order chi connectivity index (χ1) is 13.0. The molecule has 0 spiro atoms. The molecule has 3 heteroatoms. The van der Waals surface area contributed by atoms with E-state index in [0.717, 1.165) is 13.1 Å². The van der Waals surface area contributed by atoms with Crippen LogP contribution in [0.25, 0.3) is 11.1 Å². The number of likely N-dealkylation sites (tertiary alicyclic amines) is 1. The molecular formula is C24H35N3. The Morgan fingerprint density at radius 3 is 2.30 bits per heavy atom. The van der Waals surface area contributed by atoms with Crippen molar-refractivity contribution in [3.63, 3.8) is 0 Å². The number of nitrogens with zero attached hydrogens (tertiary/aromatic N) is 2. The van der Waals surface area contributed by atoms with Gasteiger partial charge in [-0.25, -0.2) is 0 Å². The van der Waals surface area contributed by atoms with Gasteiger partial charge in [0.15, 0.2) is 0 Å². The van der Waals surface area contributed by atoms with E-state index in [2.05, 4.69) is 79.3 Å². The molecule has 2 aromatic carbocycles. The van der Waals surface area contributed by atoms with Gasteiger partial charge < -0.3 is 15.1 Å². The number of rotatable bonds is 6. The number of hydrogen-bond donors (Lipinski definition) is 1. The average Bonchev–Trinajstić information content (AvgIpc) is 2.68. The smallest absolute Gasteiger partial charge is 0.0407 e. The molecule has 1 aliphatic heterocycles. The summed E-state index contributed by atoms with van der Waals surface area (Å²) in [4.78, 5) is 5.10. The minimum absolute atomic E-state index is 0.651. The third kappa shape index (κ3) is 4.53. The van der Waals surface area contributed by atoms with Gasteiger partial charge in [0, 0.05) is 24.8 Å². The van der Waals surface area contributed by atoms with Crippen LogP contribution in [0.4, 0.5) is 5.69 Å². The number of benzene rings is 2. The number of aryl methyl sites for hydroxylation is 1. The van der Waals surface area contributed by atoms with Crippen molar-refractivity contribution in [3.05, 3.63) is 53.1 Å². The standard InChI is InChI=1S/C24H35N3/c1-6-27(23-11-13-26(5)14-12-23)24-16-22(15-18(2)19(24)3)21-9-7-20(8-10-21)17-25-4/h7-10,15-16,23,25H,6,11-14,17H2,1-5H3. The molecule has 1 fully saturated rings. The van der Waals surface area contributed by atoms with Gasteiger partial charge in [0.2, 0.25) is 0 Å². The monoisotopic (exact) mass is 365 g/mol. The number of hydrogen-bond acceptors (Lipinski definition) is 3. The molecule has 146 valence electrons. The number of piperidine rings is 1. The fourth-order valence-corrected chi connectivity index (χ4v) is 4.26. The van der Waals surface area contributed by atoms with E-state index in [4.69, 9.17) is 0 Å². The lowest BCUT2D eigenvalue weighted by molar-refractivity contribution is 0.250. The van der Waals surface area contributed by atoms with Crippen LogP contribution in [-0.2, 0) is 6.54 Å². The maximum absolute atomic E-state index is 3.22. The zero-order chi connectivity index (χ0) is 19.4. The Morgan fingerprint density at radius 2 is 1.70 bits per heavy atom. The van der Waals surface area contributed by atoms with Crippen molar-refractivity contribution in [2.24, 2.45) is 0 Å². The average molecular weight is 366 g/mol. The zero-order valence-corrected chi connectivity index (χ0v) is 17.7. The molecular weight excluding hydrogens is 330 g/mol. The van der Waals surface area contributed by atoms with Gasteiger partial charge in [0.25, 0.3) is 0 Å². The Balaban J connectivity index is 1.93. The first kappa shape index (κ1) is 19.9. The van der Waals surface area contributed by atoms with Crippen molar-refractivity contribution in [3.8, 4) is 11.1 Å². The van der Waals surface area contributed by atoms with Gasteiger partial charge in [-0.05, 0) is 94.7 Å². The Hall–Kier alpha value is -1.84. The molecule has 0 aromatic heterocycles. The van der Waals surface area contributed by atoms with E-state index in [1.165, 1.54) is 59.4 Å². The Labute approximate surface area is 165 Å². The minimum atomic E-state index is 0.651. The highest BCUT2D eigenvalue weighted by Crippen LogP contribution is 2.33. The number of anilines is 1. The minimum Gasteiger partial charge on any atom is -0.368 e. The van der Waals surface area contributed by atoms with Crippen LogP contribution < -0.4 is 10.2 Å². The van der Waals surface area contributed by atoms with Crippen molar-refractivity contribution in [2.45, 2.75) is 46.2 Å². The van der Waals surface area contributed by atoms with Crippen LogP contribution in [0.1, 0.15) is 36.5 Å². The molecule has 0 bridgehead atoms.